The van der Waals surface area contributed by atoms with E-state index < -0.39 is 0 Å². The van der Waals surface area contributed by atoms with Crippen molar-refractivity contribution in [2.75, 3.05) is 20.5 Å². The minimum atomic E-state index is -0.361. The molecule has 0 saturated heterocycles. The van der Waals surface area contributed by atoms with Crippen LogP contribution in [0, 0.1) is 0 Å². The molecule has 0 radical (unpaired) electrons. The largest absolute Gasteiger partial charge is 0.456 e. The van der Waals surface area contributed by atoms with E-state index in [0.29, 0.717) is 5.57 Å². The van der Waals surface area contributed by atoms with Gasteiger partial charge in [-0.25, -0.2) is 4.79 Å². The predicted molar refractivity (Wildman–Crippen MR) is 59.9 cm³/mol. The predicted octanol–water partition coefficient (Wildman–Crippen LogP) is 2.04. The van der Waals surface area contributed by atoms with Crippen LogP contribution in [-0.4, -0.2) is 32.1 Å². The smallest absolute Gasteiger partial charge is 0.336 e. The van der Waals surface area contributed by atoms with Gasteiger partial charge >= 0.3 is 5.97 Å². The van der Waals surface area contributed by atoms with Crippen molar-refractivity contribution in [3.8, 4) is 0 Å². The third kappa shape index (κ3) is 3.94. The Labute approximate surface area is 96.6 Å². The van der Waals surface area contributed by atoms with Gasteiger partial charge in [-0.1, -0.05) is 6.58 Å². The molecule has 4 nitrogen and oxygen atoms in total. The molecule has 0 spiro atoms. The first-order chi connectivity index (χ1) is 7.57. The maximum atomic E-state index is 11.7. The molecular weight excluding hydrogens is 208 g/mol. The van der Waals surface area contributed by atoms with Crippen LogP contribution in [0.3, 0.4) is 0 Å². The van der Waals surface area contributed by atoms with Gasteiger partial charge in [0.1, 0.15) is 12.4 Å². The summed E-state index contributed by atoms with van der Waals surface area (Å²) < 4.78 is 15.2. The second kappa shape index (κ2) is 6.01. The van der Waals surface area contributed by atoms with Crippen LogP contribution in [0.1, 0.15) is 32.6 Å². The summed E-state index contributed by atoms with van der Waals surface area (Å²) in [6.45, 7) is 5.93. The summed E-state index contributed by atoms with van der Waals surface area (Å²) in [5.74, 6) is -0.361. The van der Waals surface area contributed by atoms with Crippen LogP contribution in [0.4, 0.5) is 0 Å². The second-order valence-electron chi connectivity index (χ2n) is 4.41. The van der Waals surface area contributed by atoms with E-state index in [4.69, 9.17) is 14.2 Å². The first kappa shape index (κ1) is 13.2. The maximum Gasteiger partial charge on any atom is 0.336 e. The van der Waals surface area contributed by atoms with Gasteiger partial charge < -0.3 is 14.2 Å². The molecule has 1 fully saturated rings. The van der Waals surface area contributed by atoms with Crippen molar-refractivity contribution in [3.63, 3.8) is 0 Å². The molecule has 0 bridgehead atoms. The van der Waals surface area contributed by atoms with Crippen LogP contribution >= 0.6 is 0 Å². The number of hydrogen-bond acceptors (Lipinski definition) is 4. The van der Waals surface area contributed by atoms with Crippen LogP contribution in [0.25, 0.3) is 0 Å². The number of hydrogen-bond donors (Lipinski definition) is 0. The van der Waals surface area contributed by atoms with Gasteiger partial charge in [0, 0.05) is 7.11 Å². The summed E-state index contributed by atoms with van der Waals surface area (Å²) >= 11 is 0. The third-order valence-corrected chi connectivity index (χ3v) is 2.77. The number of carbonyl (C=O) groups excluding carboxylic acids is 1. The molecule has 0 unspecified atom stereocenters. The van der Waals surface area contributed by atoms with Gasteiger partial charge in [0.25, 0.3) is 0 Å². The van der Waals surface area contributed by atoms with E-state index in [-0.39, 0.29) is 25.0 Å². The highest BCUT2D eigenvalue weighted by atomic mass is 16.7. The lowest BCUT2D eigenvalue weighted by Crippen LogP contribution is -2.29. The van der Waals surface area contributed by atoms with Crippen LogP contribution in [0.2, 0.25) is 0 Å². The molecule has 1 aliphatic carbocycles. The van der Waals surface area contributed by atoms with Gasteiger partial charge in [0.05, 0.1) is 12.2 Å². The standard InChI is InChI=1S/C12H20O4/c1-10(8-15-9-14-3)11(13)16-12(2)6-4-5-7-12/h1,4-9H2,2-3H3. The minimum Gasteiger partial charge on any atom is -0.456 e. The molecule has 92 valence electrons. The molecule has 16 heavy (non-hydrogen) atoms. The van der Waals surface area contributed by atoms with Crippen molar-refractivity contribution in [1.29, 1.82) is 0 Å². The Bertz CT molecular complexity index is 254. The van der Waals surface area contributed by atoms with Gasteiger partial charge in [-0.15, -0.1) is 0 Å². The zero-order chi connectivity index (χ0) is 12.0. The topological polar surface area (TPSA) is 44.8 Å². The lowest BCUT2D eigenvalue weighted by molar-refractivity contribution is -0.153. The van der Waals surface area contributed by atoms with Crippen molar-refractivity contribution < 1.29 is 19.0 Å². The average molecular weight is 228 g/mol. The number of ether oxygens (including phenoxy) is 3. The fourth-order valence-corrected chi connectivity index (χ4v) is 1.83. The molecule has 0 heterocycles. The van der Waals surface area contributed by atoms with Gasteiger partial charge in [-0.05, 0) is 32.6 Å². The van der Waals surface area contributed by atoms with E-state index >= 15 is 0 Å². The van der Waals surface area contributed by atoms with Crippen LogP contribution < -0.4 is 0 Å². The molecule has 0 amide bonds. The van der Waals surface area contributed by atoms with Crippen molar-refractivity contribution in [2.45, 2.75) is 38.2 Å². The zero-order valence-electron chi connectivity index (χ0n) is 10.1. The highest BCUT2D eigenvalue weighted by Gasteiger charge is 2.33. The first-order valence-electron chi connectivity index (χ1n) is 5.55. The van der Waals surface area contributed by atoms with E-state index in [9.17, 15) is 4.79 Å². The minimum absolute atomic E-state index is 0.156. The Morgan fingerprint density at radius 1 is 1.38 bits per heavy atom. The summed E-state index contributed by atoms with van der Waals surface area (Å²) in [4.78, 5) is 11.7. The Morgan fingerprint density at radius 3 is 2.56 bits per heavy atom. The Kier molecular flexibility index (Phi) is 4.96. The zero-order valence-corrected chi connectivity index (χ0v) is 10.1. The van der Waals surface area contributed by atoms with Gasteiger partial charge in [0.15, 0.2) is 0 Å². The summed E-state index contributed by atoms with van der Waals surface area (Å²) in [7, 11) is 1.53. The molecule has 0 atom stereocenters. The highest BCUT2D eigenvalue weighted by molar-refractivity contribution is 5.88. The van der Waals surface area contributed by atoms with Gasteiger partial charge in [-0.2, -0.15) is 0 Å². The quantitative estimate of drug-likeness (QED) is 0.302. The fourth-order valence-electron chi connectivity index (χ4n) is 1.83. The van der Waals surface area contributed by atoms with Crippen molar-refractivity contribution in [1.82, 2.24) is 0 Å². The van der Waals surface area contributed by atoms with Crippen molar-refractivity contribution >= 4 is 5.97 Å². The molecule has 1 aliphatic rings. The van der Waals surface area contributed by atoms with Crippen molar-refractivity contribution in [2.24, 2.45) is 0 Å². The molecule has 0 aromatic carbocycles. The summed E-state index contributed by atoms with van der Waals surface area (Å²) in [6.07, 6.45) is 4.11. The summed E-state index contributed by atoms with van der Waals surface area (Å²) in [5, 5.41) is 0. The fraction of sp³-hybridized carbons (Fsp3) is 0.750. The first-order valence-corrected chi connectivity index (χ1v) is 5.55. The highest BCUT2D eigenvalue weighted by Crippen LogP contribution is 2.33. The Balaban J connectivity index is 2.31. The van der Waals surface area contributed by atoms with E-state index in [1.807, 2.05) is 6.92 Å². The number of rotatable bonds is 6. The maximum absolute atomic E-state index is 11.7. The molecule has 0 aliphatic heterocycles. The van der Waals surface area contributed by atoms with E-state index in [0.717, 1.165) is 25.7 Å². The normalized spacial score (nSPS) is 18.4. The number of methoxy groups -OCH3 is 1. The van der Waals surface area contributed by atoms with Crippen molar-refractivity contribution in [3.05, 3.63) is 12.2 Å². The number of carbonyl (C=O) groups is 1. The molecule has 0 aromatic rings. The Hall–Kier alpha value is -0.870. The van der Waals surface area contributed by atoms with Gasteiger partial charge in [-0.3, -0.25) is 0 Å². The lowest BCUT2D eigenvalue weighted by Gasteiger charge is -2.24. The lowest BCUT2D eigenvalue weighted by atomic mass is 10.1. The monoisotopic (exact) mass is 228 g/mol. The Morgan fingerprint density at radius 2 is 2.00 bits per heavy atom. The molecule has 0 aromatic heterocycles. The second-order valence-corrected chi connectivity index (χ2v) is 4.41. The summed E-state index contributed by atoms with van der Waals surface area (Å²) in [5.41, 5.74) is 0.0338. The third-order valence-electron chi connectivity index (χ3n) is 2.77. The van der Waals surface area contributed by atoms with Gasteiger partial charge in [0.2, 0.25) is 0 Å². The SMILES string of the molecule is C=C(COCOC)C(=O)OC1(C)CCCC1. The van der Waals surface area contributed by atoms with E-state index in [1.54, 1.807) is 0 Å². The molecule has 1 saturated carbocycles. The molecule has 1 rings (SSSR count). The average Bonchev–Trinajstić information content (AvgIpc) is 2.65. The van der Waals surface area contributed by atoms with Crippen LogP contribution in [0.5, 0.6) is 0 Å². The number of esters is 1. The molecule has 0 N–H and O–H groups in total. The van der Waals surface area contributed by atoms with Crippen LogP contribution in [-0.2, 0) is 19.0 Å². The van der Waals surface area contributed by atoms with E-state index in [1.165, 1.54) is 7.11 Å². The van der Waals surface area contributed by atoms with E-state index in [2.05, 4.69) is 6.58 Å². The van der Waals surface area contributed by atoms with Crippen LogP contribution in [0.15, 0.2) is 12.2 Å². The summed E-state index contributed by atoms with van der Waals surface area (Å²) in [6, 6.07) is 0. The molecule has 4 heteroatoms. The molecular formula is C12H20O4.